The zero-order valence-corrected chi connectivity index (χ0v) is 9.82. The number of aromatic nitrogens is 4. The quantitative estimate of drug-likeness (QED) is 0.686. The summed E-state index contributed by atoms with van der Waals surface area (Å²) >= 11 is 0. The molecule has 0 aliphatic rings. The molecule has 2 heterocycles. The Labute approximate surface area is 106 Å². The van der Waals surface area contributed by atoms with E-state index >= 15 is 0 Å². The van der Waals surface area contributed by atoms with Crippen molar-refractivity contribution in [1.82, 2.24) is 19.2 Å². The number of benzene rings is 1. The van der Waals surface area contributed by atoms with Gasteiger partial charge in [0.25, 0.3) is 0 Å². The molecule has 2 N–H and O–H groups in total. The van der Waals surface area contributed by atoms with Gasteiger partial charge < -0.3 is 5.73 Å². The van der Waals surface area contributed by atoms with Crippen molar-refractivity contribution in [2.45, 2.75) is 6.54 Å². The molecule has 0 unspecified atom stereocenters. The van der Waals surface area contributed by atoms with E-state index in [0.29, 0.717) is 16.9 Å². The van der Waals surface area contributed by atoms with E-state index < -0.39 is 5.82 Å². The van der Waals surface area contributed by atoms with E-state index in [4.69, 9.17) is 5.73 Å². The highest BCUT2D eigenvalue weighted by molar-refractivity contribution is 5.40. The van der Waals surface area contributed by atoms with Crippen molar-refractivity contribution in [3.05, 3.63) is 58.7 Å². The van der Waals surface area contributed by atoms with Gasteiger partial charge in [-0.25, -0.2) is 18.3 Å². The second kappa shape index (κ2) is 4.20. The molecule has 0 atom stereocenters. The lowest BCUT2D eigenvalue weighted by atomic mass is 10.2. The molecule has 0 spiro atoms. The number of nitrogens with zero attached hydrogens (tertiary/aromatic N) is 4. The Kier molecular flexibility index (Phi) is 2.52. The number of nitrogens with two attached hydrogens (primary N) is 1. The Bertz CT molecular complexity index is 807. The molecule has 0 aliphatic heterocycles. The molecule has 0 radical (unpaired) electrons. The molecular weight excluding hydrogens is 249 g/mol. The van der Waals surface area contributed by atoms with E-state index in [9.17, 15) is 9.18 Å². The highest BCUT2D eigenvalue weighted by atomic mass is 19.1. The van der Waals surface area contributed by atoms with Gasteiger partial charge in [-0.15, -0.1) is 5.10 Å². The summed E-state index contributed by atoms with van der Waals surface area (Å²) in [6.45, 7) is 0.0482. The molecule has 96 valence electrons. The second-order valence-corrected chi connectivity index (χ2v) is 4.10. The van der Waals surface area contributed by atoms with E-state index in [2.05, 4.69) is 10.1 Å². The Morgan fingerprint density at radius 1 is 1.37 bits per heavy atom. The molecule has 0 saturated heterocycles. The fraction of sp³-hybridized carbons (Fsp3) is 0.0833. The van der Waals surface area contributed by atoms with Gasteiger partial charge in [0.05, 0.1) is 12.7 Å². The predicted octanol–water partition coefficient (Wildman–Crippen LogP) is 0.661. The largest absolute Gasteiger partial charge is 0.399 e. The van der Waals surface area contributed by atoms with Gasteiger partial charge in [0.15, 0.2) is 5.65 Å². The van der Waals surface area contributed by atoms with Gasteiger partial charge in [-0.2, -0.15) is 0 Å². The molecule has 19 heavy (non-hydrogen) atoms. The molecule has 2 aromatic heterocycles. The highest BCUT2D eigenvalue weighted by Crippen LogP contribution is 2.12. The van der Waals surface area contributed by atoms with Crippen molar-refractivity contribution in [2.24, 2.45) is 0 Å². The fourth-order valence-electron chi connectivity index (χ4n) is 1.84. The smallest absolute Gasteiger partial charge is 0.350 e. The maximum Gasteiger partial charge on any atom is 0.350 e. The lowest BCUT2D eigenvalue weighted by Crippen LogP contribution is -2.22. The minimum absolute atomic E-state index is 0.0482. The Balaban J connectivity index is 2.06. The first-order chi connectivity index (χ1) is 9.15. The molecule has 7 heteroatoms. The number of hydrogen-bond donors (Lipinski definition) is 1. The molecule has 0 fully saturated rings. The number of anilines is 1. The molecule has 3 rings (SSSR count). The SMILES string of the molecule is Nc1ccc(Cn2nc3cnccn3c2=O)c(F)c1. The highest BCUT2D eigenvalue weighted by Gasteiger charge is 2.09. The molecule has 0 amide bonds. The lowest BCUT2D eigenvalue weighted by molar-refractivity contribution is 0.579. The molecule has 3 aromatic rings. The predicted molar refractivity (Wildman–Crippen MR) is 67.2 cm³/mol. The van der Waals surface area contributed by atoms with Crippen molar-refractivity contribution in [3.8, 4) is 0 Å². The zero-order chi connectivity index (χ0) is 13.4. The van der Waals surface area contributed by atoms with Crippen LogP contribution in [-0.4, -0.2) is 19.2 Å². The van der Waals surface area contributed by atoms with E-state index in [1.807, 2.05) is 0 Å². The first-order valence-electron chi connectivity index (χ1n) is 5.58. The van der Waals surface area contributed by atoms with Crippen molar-refractivity contribution in [1.29, 1.82) is 0 Å². The maximum absolute atomic E-state index is 13.7. The average Bonchev–Trinajstić information content (AvgIpc) is 2.70. The molecule has 1 aromatic carbocycles. The second-order valence-electron chi connectivity index (χ2n) is 4.10. The van der Waals surface area contributed by atoms with Gasteiger partial charge in [0.2, 0.25) is 0 Å². The third kappa shape index (κ3) is 1.95. The first kappa shape index (κ1) is 11.4. The molecular formula is C12H10FN5O. The summed E-state index contributed by atoms with van der Waals surface area (Å²) in [4.78, 5) is 15.9. The standard InChI is InChI=1S/C12H10FN5O/c13-10-5-9(14)2-1-8(10)7-18-12(19)17-4-3-15-6-11(17)16-18/h1-6H,7,14H2. The van der Waals surface area contributed by atoms with Crippen molar-refractivity contribution < 1.29 is 4.39 Å². The number of hydrogen-bond acceptors (Lipinski definition) is 4. The summed E-state index contributed by atoms with van der Waals surface area (Å²) in [6.07, 6.45) is 4.47. The van der Waals surface area contributed by atoms with Crippen LogP contribution in [0.3, 0.4) is 0 Å². The minimum atomic E-state index is -0.456. The van der Waals surface area contributed by atoms with Crippen LogP contribution in [0.2, 0.25) is 0 Å². The Hall–Kier alpha value is -2.70. The Morgan fingerprint density at radius 3 is 2.95 bits per heavy atom. The fourth-order valence-corrected chi connectivity index (χ4v) is 1.84. The third-order valence-electron chi connectivity index (χ3n) is 2.79. The molecule has 0 saturated carbocycles. The van der Waals surface area contributed by atoms with Crippen LogP contribution in [0.25, 0.3) is 5.65 Å². The van der Waals surface area contributed by atoms with Gasteiger partial charge in [-0.05, 0) is 12.1 Å². The van der Waals surface area contributed by atoms with Crippen LogP contribution in [0.15, 0.2) is 41.6 Å². The van der Waals surface area contributed by atoms with Crippen LogP contribution in [0.4, 0.5) is 10.1 Å². The summed E-state index contributed by atoms with van der Waals surface area (Å²) in [6, 6.07) is 4.35. The summed E-state index contributed by atoms with van der Waals surface area (Å²) in [7, 11) is 0. The van der Waals surface area contributed by atoms with Gasteiger partial charge in [-0.1, -0.05) is 6.07 Å². The number of nitrogen functional groups attached to an aromatic ring is 1. The van der Waals surface area contributed by atoms with E-state index in [1.165, 1.54) is 33.7 Å². The number of halogens is 1. The zero-order valence-electron chi connectivity index (χ0n) is 9.82. The summed E-state index contributed by atoms with van der Waals surface area (Å²) < 4.78 is 16.2. The number of rotatable bonds is 2. The summed E-state index contributed by atoms with van der Waals surface area (Å²) in [5.41, 5.74) is 6.25. The topological polar surface area (TPSA) is 78.2 Å². The van der Waals surface area contributed by atoms with Crippen LogP contribution in [0.1, 0.15) is 5.56 Å². The van der Waals surface area contributed by atoms with Gasteiger partial charge in [0.1, 0.15) is 5.82 Å². The molecule has 0 bridgehead atoms. The average molecular weight is 259 g/mol. The van der Waals surface area contributed by atoms with Crippen LogP contribution >= 0.6 is 0 Å². The van der Waals surface area contributed by atoms with Gasteiger partial charge >= 0.3 is 5.69 Å². The number of fused-ring (bicyclic) bond motifs is 1. The van der Waals surface area contributed by atoms with E-state index in [-0.39, 0.29) is 12.2 Å². The van der Waals surface area contributed by atoms with Crippen LogP contribution in [0.5, 0.6) is 0 Å². The monoisotopic (exact) mass is 259 g/mol. The summed E-state index contributed by atoms with van der Waals surface area (Å²) in [5, 5.41) is 4.08. The van der Waals surface area contributed by atoms with E-state index in [1.54, 1.807) is 12.1 Å². The lowest BCUT2D eigenvalue weighted by Gasteiger charge is -2.03. The third-order valence-corrected chi connectivity index (χ3v) is 2.79. The van der Waals surface area contributed by atoms with Gasteiger partial charge in [-0.3, -0.25) is 4.98 Å². The molecule has 6 nitrogen and oxygen atoms in total. The van der Waals surface area contributed by atoms with Gasteiger partial charge in [0, 0.05) is 23.6 Å². The minimum Gasteiger partial charge on any atom is -0.399 e. The van der Waals surface area contributed by atoms with Crippen LogP contribution < -0.4 is 11.4 Å². The normalized spacial score (nSPS) is 11.0. The maximum atomic E-state index is 13.7. The first-order valence-corrected chi connectivity index (χ1v) is 5.58. The Morgan fingerprint density at radius 2 is 2.21 bits per heavy atom. The molecule has 0 aliphatic carbocycles. The van der Waals surface area contributed by atoms with Crippen molar-refractivity contribution >= 4 is 11.3 Å². The van der Waals surface area contributed by atoms with Crippen molar-refractivity contribution in [3.63, 3.8) is 0 Å². The van der Waals surface area contributed by atoms with E-state index in [0.717, 1.165) is 0 Å². The van der Waals surface area contributed by atoms with Crippen molar-refractivity contribution in [2.75, 3.05) is 5.73 Å². The van der Waals surface area contributed by atoms with Crippen LogP contribution in [0, 0.1) is 5.82 Å². The van der Waals surface area contributed by atoms with Crippen LogP contribution in [-0.2, 0) is 6.54 Å². The summed E-state index contributed by atoms with van der Waals surface area (Å²) in [5.74, 6) is -0.456.